The molecule has 0 unspecified atom stereocenters. The number of primary amides is 1. The second-order valence-corrected chi connectivity index (χ2v) is 7.22. The van der Waals surface area contributed by atoms with Crippen LogP contribution in [0.3, 0.4) is 0 Å². The maximum atomic E-state index is 12.8. The van der Waals surface area contributed by atoms with Gasteiger partial charge in [-0.3, -0.25) is 14.5 Å². The standard InChI is InChI=1S/C19H26N4O3/c1-14-5-4-6-15(13-14)22(10-7-16(20)24)11-12-23-17(25)19(21-18(23)26)8-2-3-9-19/h4-6,13H,2-3,7-12H2,1H3,(H2,20,24)(H,21,26). The average molecular weight is 358 g/mol. The van der Waals surface area contributed by atoms with Crippen LogP contribution in [0.1, 0.15) is 37.7 Å². The van der Waals surface area contributed by atoms with Crippen molar-refractivity contribution in [2.45, 2.75) is 44.6 Å². The van der Waals surface area contributed by atoms with Crippen LogP contribution in [0.4, 0.5) is 10.5 Å². The van der Waals surface area contributed by atoms with E-state index < -0.39 is 5.54 Å². The molecule has 3 N–H and O–H groups in total. The molecule has 1 saturated carbocycles. The first-order valence-corrected chi connectivity index (χ1v) is 9.15. The van der Waals surface area contributed by atoms with E-state index in [1.807, 2.05) is 36.1 Å². The Morgan fingerprint density at radius 2 is 2.00 bits per heavy atom. The second-order valence-electron chi connectivity index (χ2n) is 7.22. The van der Waals surface area contributed by atoms with Crippen LogP contribution >= 0.6 is 0 Å². The first-order valence-electron chi connectivity index (χ1n) is 9.15. The number of hydrogen-bond acceptors (Lipinski definition) is 4. The number of imide groups is 1. The summed E-state index contributed by atoms with van der Waals surface area (Å²) in [4.78, 5) is 39.6. The highest BCUT2D eigenvalue weighted by atomic mass is 16.2. The van der Waals surface area contributed by atoms with Crippen molar-refractivity contribution < 1.29 is 14.4 Å². The molecule has 4 amide bonds. The lowest BCUT2D eigenvalue weighted by molar-refractivity contribution is -0.131. The molecule has 1 aromatic carbocycles. The van der Waals surface area contributed by atoms with Crippen LogP contribution < -0.4 is 16.0 Å². The molecule has 1 aliphatic carbocycles. The minimum atomic E-state index is -0.682. The number of anilines is 1. The van der Waals surface area contributed by atoms with E-state index in [-0.39, 0.29) is 24.3 Å². The van der Waals surface area contributed by atoms with Gasteiger partial charge in [0.1, 0.15) is 5.54 Å². The van der Waals surface area contributed by atoms with Crippen LogP contribution in [0.25, 0.3) is 0 Å². The summed E-state index contributed by atoms with van der Waals surface area (Å²) in [6.07, 6.45) is 3.59. The van der Waals surface area contributed by atoms with Gasteiger partial charge in [-0.25, -0.2) is 4.79 Å². The highest BCUT2D eigenvalue weighted by Crippen LogP contribution is 2.35. The van der Waals surface area contributed by atoms with E-state index >= 15 is 0 Å². The van der Waals surface area contributed by atoms with Crippen molar-refractivity contribution in [1.82, 2.24) is 10.2 Å². The van der Waals surface area contributed by atoms with Crippen molar-refractivity contribution in [2.24, 2.45) is 5.73 Å². The third-order valence-electron chi connectivity index (χ3n) is 5.29. The number of nitrogens with zero attached hydrogens (tertiary/aromatic N) is 2. The summed E-state index contributed by atoms with van der Waals surface area (Å²) in [7, 11) is 0. The van der Waals surface area contributed by atoms with Crippen LogP contribution in [-0.2, 0) is 9.59 Å². The summed E-state index contributed by atoms with van der Waals surface area (Å²) in [6.45, 7) is 3.20. The van der Waals surface area contributed by atoms with Gasteiger partial charge in [0.25, 0.3) is 5.91 Å². The van der Waals surface area contributed by atoms with Crippen molar-refractivity contribution in [1.29, 1.82) is 0 Å². The van der Waals surface area contributed by atoms with Gasteiger partial charge in [0, 0.05) is 31.7 Å². The third kappa shape index (κ3) is 3.66. The van der Waals surface area contributed by atoms with Gasteiger partial charge in [-0.15, -0.1) is 0 Å². The van der Waals surface area contributed by atoms with Gasteiger partial charge in [0.2, 0.25) is 5.91 Å². The van der Waals surface area contributed by atoms with E-state index in [0.717, 1.165) is 36.9 Å². The van der Waals surface area contributed by atoms with Crippen molar-refractivity contribution in [3.63, 3.8) is 0 Å². The van der Waals surface area contributed by atoms with Gasteiger partial charge in [-0.1, -0.05) is 25.0 Å². The molecule has 1 saturated heterocycles. The number of nitrogens with two attached hydrogens (primary N) is 1. The highest BCUT2D eigenvalue weighted by molar-refractivity contribution is 6.07. The zero-order valence-corrected chi connectivity index (χ0v) is 15.2. The lowest BCUT2D eigenvalue weighted by atomic mass is 9.98. The quantitative estimate of drug-likeness (QED) is 0.723. The zero-order chi connectivity index (χ0) is 18.7. The number of urea groups is 1. The molecule has 140 valence electrons. The van der Waals surface area contributed by atoms with Crippen molar-refractivity contribution >= 4 is 23.5 Å². The van der Waals surface area contributed by atoms with Crippen molar-refractivity contribution in [2.75, 3.05) is 24.5 Å². The van der Waals surface area contributed by atoms with Gasteiger partial charge in [0.15, 0.2) is 0 Å². The van der Waals surface area contributed by atoms with Gasteiger partial charge in [-0.2, -0.15) is 0 Å². The Morgan fingerprint density at radius 3 is 2.65 bits per heavy atom. The molecule has 0 bridgehead atoms. The van der Waals surface area contributed by atoms with E-state index in [0.29, 0.717) is 19.6 Å². The van der Waals surface area contributed by atoms with Crippen LogP contribution in [0.5, 0.6) is 0 Å². The van der Waals surface area contributed by atoms with Crippen LogP contribution in [0.15, 0.2) is 24.3 Å². The molecule has 1 aliphatic heterocycles. The predicted molar refractivity (Wildman–Crippen MR) is 98.6 cm³/mol. The minimum Gasteiger partial charge on any atom is -0.370 e. The molecule has 26 heavy (non-hydrogen) atoms. The molecule has 1 aromatic rings. The molecule has 1 spiro atoms. The summed E-state index contributed by atoms with van der Waals surface area (Å²) >= 11 is 0. The Labute approximate surface area is 153 Å². The number of carbonyl (C=O) groups excluding carboxylic acids is 3. The Morgan fingerprint density at radius 1 is 1.27 bits per heavy atom. The summed E-state index contributed by atoms with van der Waals surface area (Å²) in [5.74, 6) is -0.485. The molecule has 7 nitrogen and oxygen atoms in total. The lowest BCUT2D eigenvalue weighted by Gasteiger charge is -2.27. The van der Waals surface area contributed by atoms with Crippen LogP contribution in [0, 0.1) is 6.92 Å². The molecule has 0 radical (unpaired) electrons. The van der Waals surface area contributed by atoms with Gasteiger partial charge >= 0.3 is 6.03 Å². The number of aryl methyl sites for hydroxylation is 1. The average Bonchev–Trinajstić information content (AvgIpc) is 3.14. The maximum absolute atomic E-state index is 12.8. The molecule has 7 heteroatoms. The molecule has 0 aromatic heterocycles. The topological polar surface area (TPSA) is 95.7 Å². The van der Waals surface area contributed by atoms with E-state index in [9.17, 15) is 14.4 Å². The summed E-state index contributed by atoms with van der Waals surface area (Å²) in [5, 5.41) is 2.90. The summed E-state index contributed by atoms with van der Waals surface area (Å²) in [6, 6.07) is 7.61. The molecule has 2 fully saturated rings. The summed E-state index contributed by atoms with van der Waals surface area (Å²) in [5.41, 5.74) is 6.67. The van der Waals surface area contributed by atoms with E-state index in [1.165, 1.54) is 4.90 Å². The molecule has 3 rings (SSSR count). The fourth-order valence-corrected chi connectivity index (χ4v) is 3.86. The second kappa shape index (κ2) is 7.35. The number of hydrogen-bond donors (Lipinski definition) is 2. The van der Waals surface area contributed by atoms with Crippen molar-refractivity contribution in [3.8, 4) is 0 Å². The number of carbonyl (C=O) groups is 3. The number of nitrogens with one attached hydrogen (secondary N) is 1. The number of benzene rings is 1. The number of amides is 4. The normalized spacial score (nSPS) is 18.4. The van der Waals surface area contributed by atoms with Crippen LogP contribution in [-0.4, -0.2) is 47.9 Å². The molecule has 2 aliphatic rings. The fourth-order valence-electron chi connectivity index (χ4n) is 3.86. The minimum absolute atomic E-state index is 0.112. The first-order chi connectivity index (χ1) is 12.4. The summed E-state index contributed by atoms with van der Waals surface area (Å²) < 4.78 is 0. The maximum Gasteiger partial charge on any atom is 0.325 e. The van der Waals surface area contributed by atoms with E-state index in [4.69, 9.17) is 5.73 Å². The first kappa shape index (κ1) is 18.2. The van der Waals surface area contributed by atoms with Crippen molar-refractivity contribution in [3.05, 3.63) is 29.8 Å². The third-order valence-corrected chi connectivity index (χ3v) is 5.29. The smallest absolute Gasteiger partial charge is 0.325 e. The predicted octanol–water partition coefficient (Wildman–Crippen LogP) is 1.54. The van der Waals surface area contributed by atoms with E-state index in [1.54, 1.807) is 0 Å². The SMILES string of the molecule is Cc1cccc(N(CCC(N)=O)CCN2C(=O)NC3(CCCC3)C2=O)c1. The Hall–Kier alpha value is -2.57. The van der Waals surface area contributed by atoms with Crippen LogP contribution in [0.2, 0.25) is 0 Å². The highest BCUT2D eigenvalue weighted by Gasteiger charge is 2.52. The number of rotatable bonds is 7. The lowest BCUT2D eigenvalue weighted by Crippen LogP contribution is -2.45. The Balaban J connectivity index is 1.70. The molecule has 0 atom stereocenters. The largest absolute Gasteiger partial charge is 0.370 e. The zero-order valence-electron chi connectivity index (χ0n) is 15.2. The van der Waals surface area contributed by atoms with Gasteiger partial charge in [0.05, 0.1) is 0 Å². The fraction of sp³-hybridized carbons (Fsp3) is 0.526. The van der Waals surface area contributed by atoms with E-state index in [2.05, 4.69) is 5.32 Å². The molecular formula is C19H26N4O3. The molecular weight excluding hydrogens is 332 g/mol. The van der Waals surface area contributed by atoms with Gasteiger partial charge < -0.3 is 16.0 Å². The monoisotopic (exact) mass is 358 g/mol. The Kier molecular flexibility index (Phi) is 5.15. The Bertz CT molecular complexity index is 712. The van der Waals surface area contributed by atoms with Gasteiger partial charge in [-0.05, 0) is 37.5 Å². The molecule has 1 heterocycles.